The van der Waals surface area contributed by atoms with Gasteiger partial charge in [-0.05, 0) is 54.7 Å². The number of hydrogen-bond acceptors (Lipinski definition) is 6. The van der Waals surface area contributed by atoms with Crippen molar-refractivity contribution in [2.75, 3.05) is 6.61 Å². The van der Waals surface area contributed by atoms with E-state index in [9.17, 15) is 9.59 Å². The van der Waals surface area contributed by atoms with Crippen molar-refractivity contribution in [1.29, 1.82) is 0 Å². The molecule has 0 unspecified atom stereocenters. The van der Waals surface area contributed by atoms with E-state index in [1.54, 1.807) is 0 Å². The Bertz CT molecular complexity index is 989. The standard InChI is InChI=1S/C27H33ClO6/c1-6-24-25(32-17(4)29)16(3)26(33-18(5)30)27(34-24)20-10-13-23(28)21(15-20)14-19-8-11-22(12-9-19)31-7-2/h8-13,15-16,24-27H,6-7,14H2,1-5H3/t16-,24+,25-,26+,27-/m0/s1. The summed E-state index contributed by atoms with van der Waals surface area (Å²) in [5.41, 5.74) is 2.90. The average molecular weight is 489 g/mol. The van der Waals surface area contributed by atoms with Crippen molar-refractivity contribution < 1.29 is 28.5 Å². The summed E-state index contributed by atoms with van der Waals surface area (Å²) >= 11 is 6.54. The fourth-order valence-corrected chi connectivity index (χ4v) is 4.66. The maximum absolute atomic E-state index is 11.9. The maximum atomic E-state index is 11.9. The summed E-state index contributed by atoms with van der Waals surface area (Å²) in [5.74, 6) is -0.219. The molecule has 0 radical (unpaired) electrons. The summed E-state index contributed by atoms with van der Waals surface area (Å²) in [5, 5.41) is 0.648. The topological polar surface area (TPSA) is 71.1 Å². The van der Waals surface area contributed by atoms with Gasteiger partial charge in [0.05, 0.1) is 12.7 Å². The molecular weight excluding hydrogens is 456 g/mol. The number of carbonyl (C=O) groups is 2. The first-order valence-corrected chi connectivity index (χ1v) is 12.1. The lowest BCUT2D eigenvalue weighted by Gasteiger charge is -2.44. The Morgan fingerprint density at radius 3 is 2.21 bits per heavy atom. The molecule has 184 valence electrons. The van der Waals surface area contributed by atoms with Crippen LogP contribution in [0, 0.1) is 5.92 Å². The van der Waals surface area contributed by atoms with E-state index in [0.717, 1.165) is 22.4 Å². The molecule has 7 heteroatoms. The highest BCUT2D eigenvalue weighted by molar-refractivity contribution is 6.31. The molecule has 0 aromatic heterocycles. The monoisotopic (exact) mass is 488 g/mol. The molecule has 0 aliphatic carbocycles. The molecule has 3 rings (SSSR count). The Hall–Kier alpha value is -2.57. The first-order chi connectivity index (χ1) is 16.2. The van der Waals surface area contributed by atoms with Crippen LogP contribution in [0.15, 0.2) is 42.5 Å². The predicted octanol–water partition coefficient (Wildman–Crippen LogP) is 5.68. The summed E-state index contributed by atoms with van der Waals surface area (Å²) in [6.45, 7) is 9.22. The molecule has 6 nitrogen and oxygen atoms in total. The highest BCUT2D eigenvalue weighted by Gasteiger charge is 2.47. The van der Waals surface area contributed by atoms with E-state index in [4.69, 9.17) is 30.5 Å². The molecule has 2 aromatic carbocycles. The van der Waals surface area contributed by atoms with E-state index in [1.165, 1.54) is 13.8 Å². The van der Waals surface area contributed by atoms with Gasteiger partial charge in [-0.3, -0.25) is 9.59 Å². The fourth-order valence-electron chi connectivity index (χ4n) is 4.47. The van der Waals surface area contributed by atoms with Crippen molar-refractivity contribution in [2.45, 2.75) is 71.9 Å². The molecule has 0 N–H and O–H groups in total. The van der Waals surface area contributed by atoms with Crippen LogP contribution in [0.5, 0.6) is 5.75 Å². The van der Waals surface area contributed by atoms with E-state index in [0.29, 0.717) is 24.5 Å². The zero-order valence-corrected chi connectivity index (χ0v) is 21.1. The van der Waals surface area contributed by atoms with E-state index in [1.807, 2.05) is 63.2 Å². The summed E-state index contributed by atoms with van der Waals surface area (Å²) in [4.78, 5) is 23.6. The Morgan fingerprint density at radius 2 is 1.62 bits per heavy atom. The first kappa shape index (κ1) is 26.0. The molecule has 1 saturated heterocycles. The largest absolute Gasteiger partial charge is 0.494 e. The number of hydrogen-bond donors (Lipinski definition) is 0. The SMILES string of the molecule is CCOc1ccc(Cc2cc([C@@H]3O[C@H](CC)[C@@H](OC(C)=O)[C@H](C)[C@H]3OC(C)=O)ccc2Cl)cc1. The Morgan fingerprint density at radius 1 is 0.971 bits per heavy atom. The van der Waals surface area contributed by atoms with Crippen LogP contribution < -0.4 is 4.74 Å². The van der Waals surface area contributed by atoms with Crippen molar-refractivity contribution in [3.63, 3.8) is 0 Å². The predicted molar refractivity (Wildman–Crippen MR) is 130 cm³/mol. The second kappa shape index (κ2) is 11.7. The number of ether oxygens (including phenoxy) is 4. The van der Waals surface area contributed by atoms with Gasteiger partial charge in [-0.1, -0.05) is 49.7 Å². The maximum Gasteiger partial charge on any atom is 0.303 e. The van der Waals surface area contributed by atoms with Gasteiger partial charge in [0.1, 0.15) is 24.1 Å². The van der Waals surface area contributed by atoms with Gasteiger partial charge in [-0.15, -0.1) is 0 Å². The molecule has 5 atom stereocenters. The van der Waals surface area contributed by atoms with Crippen molar-refractivity contribution >= 4 is 23.5 Å². The third-order valence-corrected chi connectivity index (χ3v) is 6.43. The average Bonchev–Trinajstić information content (AvgIpc) is 2.79. The summed E-state index contributed by atoms with van der Waals surface area (Å²) < 4.78 is 23.2. The molecular formula is C27H33ClO6. The smallest absolute Gasteiger partial charge is 0.303 e. The molecule has 2 aromatic rings. The van der Waals surface area contributed by atoms with Gasteiger partial charge in [-0.25, -0.2) is 0 Å². The van der Waals surface area contributed by atoms with Crippen LogP contribution in [0.4, 0.5) is 0 Å². The molecule has 0 amide bonds. The molecule has 1 aliphatic rings. The number of carbonyl (C=O) groups excluding carboxylic acids is 2. The van der Waals surface area contributed by atoms with Crippen LogP contribution >= 0.6 is 11.6 Å². The van der Waals surface area contributed by atoms with Gasteiger partial charge in [0.25, 0.3) is 0 Å². The minimum absolute atomic E-state index is 0.248. The van der Waals surface area contributed by atoms with E-state index >= 15 is 0 Å². The highest BCUT2D eigenvalue weighted by Crippen LogP contribution is 2.40. The lowest BCUT2D eigenvalue weighted by atomic mass is 9.83. The van der Waals surface area contributed by atoms with Crippen LogP contribution in [-0.2, 0) is 30.2 Å². The number of esters is 2. The molecule has 0 bridgehead atoms. The van der Waals surface area contributed by atoms with Crippen LogP contribution in [0.25, 0.3) is 0 Å². The third kappa shape index (κ3) is 6.30. The van der Waals surface area contributed by atoms with Gasteiger partial charge in [0, 0.05) is 24.8 Å². The van der Waals surface area contributed by atoms with Crippen molar-refractivity contribution in [3.8, 4) is 5.75 Å². The van der Waals surface area contributed by atoms with Gasteiger partial charge >= 0.3 is 11.9 Å². The molecule has 0 saturated carbocycles. The highest BCUT2D eigenvalue weighted by atomic mass is 35.5. The molecule has 1 aliphatic heterocycles. The number of benzene rings is 2. The van der Waals surface area contributed by atoms with Crippen molar-refractivity contribution in [1.82, 2.24) is 0 Å². The molecule has 1 fully saturated rings. The van der Waals surface area contributed by atoms with Gasteiger partial charge < -0.3 is 18.9 Å². The Labute approximate surface area is 206 Å². The lowest BCUT2D eigenvalue weighted by molar-refractivity contribution is -0.223. The van der Waals surface area contributed by atoms with Crippen molar-refractivity contribution in [3.05, 3.63) is 64.2 Å². The third-order valence-electron chi connectivity index (χ3n) is 6.06. The summed E-state index contributed by atoms with van der Waals surface area (Å²) in [6, 6.07) is 13.7. The van der Waals surface area contributed by atoms with Crippen molar-refractivity contribution in [2.24, 2.45) is 5.92 Å². The zero-order chi connectivity index (χ0) is 24.8. The van der Waals surface area contributed by atoms with Crippen LogP contribution in [0.1, 0.15) is 63.8 Å². The molecule has 1 heterocycles. The minimum atomic E-state index is -0.607. The second-order valence-electron chi connectivity index (χ2n) is 8.62. The normalized spacial score (nSPS) is 24.4. The second-order valence-corrected chi connectivity index (χ2v) is 9.02. The Kier molecular flexibility index (Phi) is 8.97. The van der Waals surface area contributed by atoms with E-state index in [2.05, 4.69) is 0 Å². The molecule has 0 spiro atoms. The first-order valence-electron chi connectivity index (χ1n) is 11.7. The number of rotatable bonds is 8. The minimum Gasteiger partial charge on any atom is -0.494 e. The zero-order valence-electron chi connectivity index (χ0n) is 20.4. The van der Waals surface area contributed by atoms with E-state index in [-0.39, 0.29) is 18.0 Å². The fraction of sp³-hybridized carbons (Fsp3) is 0.481. The quantitative estimate of drug-likeness (QED) is 0.445. The lowest BCUT2D eigenvalue weighted by Crippen LogP contribution is -2.52. The van der Waals surface area contributed by atoms with Crippen LogP contribution in [0.2, 0.25) is 5.02 Å². The van der Waals surface area contributed by atoms with Gasteiger partial charge in [-0.2, -0.15) is 0 Å². The summed E-state index contributed by atoms with van der Waals surface area (Å²) in [6.07, 6.45) is -0.652. The van der Waals surface area contributed by atoms with Crippen LogP contribution in [-0.4, -0.2) is 36.9 Å². The van der Waals surface area contributed by atoms with E-state index < -0.39 is 24.3 Å². The summed E-state index contributed by atoms with van der Waals surface area (Å²) in [7, 11) is 0. The molecule has 34 heavy (non-hydrogen) atoms. The van der Waals surface area contributed by atoms with Gasteiger partial charge in [0.15, 0.2) is 0 Å². The van der Waals surface area contributed by atoms with Crippen LogP contribution in [0.3, 0.4) is 0 Å². The number of halogens is 1. The Balaban J connectivity index is 1.91. The van der Waals surface area contributed by atoms with Gasteiger partial charge in [0.2, 0.25) is 0 Å².